The predicted molar refractivity (Wildman–Crippen MR) is 86.4 cm³/mol. The van der Waals surface area contributed by atoms with E-state index in [2.05, 4.69) is 58.1 Å². The highest BCUT2D eigenvalue weighted by molar-refractivity contribution is 9.10. The Kier molecular flexibility index (Phi) is 3.92. The minimum absolute atomic E-state index is 0.270. The van der Waals surface area contributed by atoms with Crippen LogP contribution in [0.5, 0.6) is 5.75 Å². The van der Waals surface area contributed by atoms with E-state index in [9.17, 15) is 0 Å². The fourth-order valence-corrected chi connectivity index (χ4v) is 2.88. The molecular formula is C16H16BrN3O. The summed E-state index contributed by atoms with van der Waals surface area (Å²) in [5.74, 6) is 1.64. The van der Waals surface area contributed by atoms with Crippen LogP contribution in [0.2, 0.25) is 0 Å². The van der Waals surface area contributed by atoms with Crippen molar-refractivity contribution in [3.8, 4) is 5.75 Å². The maximum absolute atomic E-state index is 5.91. The van der Waals surface area contributed by atoms with Gasteiger partial charge in [0.15, 0.2) is 5.82 Å². The van der Waals surface area contributed by atoms with Gasteiger partial charge in [0.1, 0.15) is 18.7 Å². The van der Waals surface area contributed by atoms with Gasteiger partial charge in [-0.3, -0.25) is 0 Å². The summed E-state index contributed by atoms with van der Waals surface area (Å²) in [6.45, 7) is 4.55. The number of ether oxygens (including phenoxy) is 1. The van der Waals surface area contributed by atoms with Gasteiger partial charge in [0.05, 0.1) is 4.47 Å². The molecule has 0 unspecified atom stereocenters. The molecule has 0 spiro atoms. The minimum Gasteiger partial charge on any atom is -0.484 e. The molecule has 0 fully saturated rings. The summed E-state index contributed by atoms with van der Waals surface area (Å²) in [5.41, 5.74) is 0. The van der Waals surface area contributed by atoms with Gasteiger partial charge in [-0.2, -0.15) is 5.10 Å². The molecule has 0 aliphatic heterocycles. The number of hydrogen-bond acceptors (Lipinski definition) is 3. The van der Waals surface area contributed by atoms with Crippen LogP contribution in [0.1, 0.15) is 25.7 Å². The van der Waals surface area contributed by atoms with E-state index in [1.807, 2.05) is 22.9 Å². The normalized spacial score (nSPS) is 11.2. The summed E-state index contributed by atoms with van der Waals surface area (Å²) in [6.07, 6.45) is 1.56. The number of benzene rings is 2. The first-order chi connectivity index (χ1) is 10.2. The summed E-state index contributed by atoms with van der Waals surface area (Å²) in [4.78, 5) is 4.26. The molecule has 0 radical (unpaired) electrons. The predicted octanol–water partition coefficient (Wildman–Crippen LogP) is 4.35. The smallest absolute Gasteiger partial charge is 0.165 e. The van der Waals surface area contributed by atoms with Gasteiger partial charge in [-0.1, -0.05) is 30.3 Å². The van der Waals surface area contributed by atoms with E-state index in [1.54, 1.807) is 6.33 Å². The third-order valence-electron chi connectivity index (χ3n) is 3.32. The average Bonchev–Trinajstić information content (AvgIpc) is 2.95. The fraction of sp³-hybridized carbons (Fsp3) is 0.250. The van der Waals surface area contributed by atoms with Crippen molar-refractivity contribution in [2.75, 3.05) is 0 Å². The van der Waals surface area contributed by atoms with Crippen LogP contribution in [0.4, 0.5) is 0 Å². The van der Waals surface area contributed by atoms with Crippen LogP contribution in [0, 0.1) is 0 Å². The van der Waals surface area contributed by atoms with Crippen molar-refractivity contribution in [3.05, 3.63) is 53.0 Å². The molecule has 1 heterocycles. The van der Waals surface area contributed by atoms with Gasteiger partial charge < -0.3 is 4.74 Å². The quantitative estimate of drug-likeness (QED) is 0.705. The first kappa shape index (κ1) is 14.1. The van der Waals surface area contributed by atoms with Crippen molar-refractivity contribution in [3.63, 3.8) is 0 Å². The molecule has 0 aliphatic carbocycles. The summed E-state index contributed by atoms with van der Waals surface area (Å²) >= 11 is 3.63. The van der Waals surface area contributed by atoms with E-state index in [-0.39, 0.29) is 6.04 Å². The van der Waals surface area contributed by atoms with Crippen LogP contribution in [0.25, 0.3) is 10.8 Å². The van der Waals surface area contributed by atoms with Crippen molar-refractivity contribution in [2.24, 2.45) is 0 Å². The molecule has 0 aliphatic rings. The van der Waals surface area contributed by atoms with Gasteiger partial charge in [-0.25, -0.2) is 9.67 Å². The van der Waals surface area contributed by atoms with Crippen LogP contribution < -0.4 is 4.74 Å². The zero-order chi connectivity index (χ0) is 14.8. The molecule has 108 valence electrons. The highest BCUT2D eigenvalue weighted by Crippen LogP contribution is 2.33. The Balaban J connectivity index is 1.85. The molecule has 1 aromatic heterocycles. The molecule has 0 bridgehead atoms. The summed E-state index contributed by atoms with van der Waals surface area (Å²) in [7, 11) is 0. The van der Waals surface area contributed by atoms with Gasteiger partial charge in [0.2, 0.25) is 0 Å². The standard InChI is InChI=1S/C16H16BrN3O/c1-11(2)20-15(18-10-19-20)9-21-14-8-7-12-5-3-4-6-13(12)16(14)17/h3-8,10-11H,9H2,1-2H3. The SMILES string of the molecule is CC(C)n1ncnc1COc1ccc2ccccc2c1Br. The van der Waals surface area contributed by atoms with E-state index < -0.39 is 0 Å². The molecule has 3 rings (SSSR count). The lowest BCUT2D eigenvalue weighted by atomic mass is 10.1. The largest absolute Gasteiger partial charge is 0.484 e. The Morgan fingerprint density at radius 3 is 2.81 bits per heavy atom. The maximum atomic E-state index is 5.91. The lowest BCUT2D eigenvalue weighted by molar-refractivity contribution is 0.281. The molecule has 0 N–H and O–H groups in total. The molecule has 2 aromatic carbocycles. The van der Waals surface area contributed by atoms with Crippen molar-refractivity contribution in [1.29, 1.82) is 0 Å². The van der Waals surface area contributed by atoms with Crippen LogP contribution in [-0.4, -0.2) is 14.8 Å². The molecule has 0 atom stereocenters. The number of aromatic nitrogens is 3. The Bertz CT molecular complexity index is 767. The molecule has 5 heteroatoms. The number of rotatable bonds is 4. The van der Waals surface area contributed by atoms with Gasteiger partial charge in [-0.05, 0) is 46.6 Å². The zero-order valence-corrected chi connectivity index (χ0v) is 13.5. The molecule has 0 saturated carbocycles. The van der Waals surface area contributed by atoms with Crippen molar-refractivity contribution in [1.82, 2.24) is 14.8 Å². The monoisotopic (exact) mass is 345 g/mol. The maximum Gasteiger partial charge on any atom is 0.165 e. The van der Waals surface area contributed by atoms with E-state index in [1.165, 1.54) is 5.39 Å². The molecular weight excluding hydrogens is 330 g/mol. The topological polar surface area (TPSA) is 39.9 Å². The summed E-state index contributed by atoms with van der Waals surface area (Å²) < 4.78 is 8.75. The summed E-state index contributed by atoms with van der Waals surface area (Å²) in [5, 5.41) is 6.54. The highest BCUT2D eigenvalue weighted by Gasteiger charge is 2.10. The lowest BCUT2D eigenvalue weighted by Crippen LogP contribution is -2.10. The average molecular weight is 346 g/mol. The number of halogens is 1. The third-order valence-corrected chi connectivity index (χ3v) is 4.14. The number of nitrogens with zero attached hydrogens (tertiary/aromatic N) is 3. The Labute approximate surface area is 131 Å². The number of fused-ring (bicyclic) bond motifs is 1. The third kappa shape index (κ3) is 2.78. The zero-order valence-electron chi connectivity index (χ0n) is 12.0. The molecule has 21 heavy (non-hydrogen) atoms. The first-order valence-corrected chi connectivity index (χ1v) is 7.64. The van der Waals surface area contributed by atoms with Gasteiger partial charge in [-0.15, -0.1) is 0 Å². The molecule has 3 aromatic rings. The fourth-order valence-electron chi connectivity index (χ4n) is 2.28. The van der Waals surface area contributed by atoms with Crippen molar-refractivity contribution in [2.45, 2.75) is 26.5 Å². The van der Waals surface area contributed by atoms with Crippen LogP contribution in [0.3, 0.4) is 0 Å². The Hall–Kier alpha value is -1.88. The van der Waals surface area contributed by atoms with Crippen LogP contribution >= 0.6 is 15.9 Å². The molecule has 0 saturated heterocycles. The van der Waals surface area contributed by atoms with Gasteiger partial charge in [0, 0.05) is 6.04 Å². The van der Waals surface area contributed by atoms with Crippen molar-refractivity contribution >= 4 is 26.7 Å². The van der Waals surface area contributed by atoms with E-state index >= 15 is 0 Å². The Morgan fingerprint density at radius 1 is 1.19 bits per heavy atom. The second-order valence-electron chi connectivity index (χ2n) is 5.10. The van der Waals surface area contributed by atoms with E-state index in [0.717, 1.165) is 21.4 Å². The van der Waals surface area contributed by atoms with Crippen molar-refractivity contribution < 1.29 is 4.74 Å². The number of hydrogen-bond donors (Lipinski definition) is 0. The van der Waals surface area contributed by atoms with Crippen LogP contribution in [0.15, 0.2) is 47.2 Å². The molecule has 4 nitrogen and oxygen atoms in total. The first-order valence-electron chi connectivity index (χ1n) is 6.85. The summed E-state index contributed by atoms with van der Waals surface area (Å²) in [6, 6.07) is 12.5. The molecule has 0 amide bonds. The van der Waals surface area contributed by atoms with E-state index in [0.29, 0.717) is 6.61 Å². The highest BCUT2D eigenvalue weighted by atomic mass is 79.9. The second-order valence-corrected chi connectivity index (χ2v) is 5.90. The second kappa shape index (κ2) is 5.85. The van der Waals surface area contributed by atoms with E-state index in [4.69, 9.17) is 4.74 Å². The van der Waals surface area contributed by atoms with Crippen LogP contribution in [-0.2, 0) is 6.61 Å². The minimum atomic E-state index is 0.270. The van der Waals surface area contributed by atoms with Gasteiger partial charge in [0.25, 0.3) is 0 Å². The lowest BCUT2D eigenvalue weighted by Gasteiger charge is -2.12. The Morgan fingerprint density at radius 2 is 2.00 bits per heavy atom. The van der Waals surface area contributed by atoms with Gasteiger partial charge >= 0.3 is 0 Å².